The van der Waals surface area contributed by atoms with E-state index in [9.17, 15) is 9.59 Å². The Bertz CT molecular complexity index is 410. The standard InChI is InChI=1S/C12H18N2O3/c1-9(2)14(8-11(15)17-4)12(16)10-6-5-7-13(10)3/h5-7,9H,8H2,1-4H3. The molecule has 0 saturated heterocycles. The summed E-state index contributed by atoms with van der Waals surface area (Å²) in [6, 6.07) is 3.47. The molecule has 0 N–H and O–H groups in total. The van der Waals surface area contributed by atoms with E-state index in [0.717, 1.165) is 0 Å². The zero-order chi connectivity index (χ0) is 13.0. The van der Waals surface area contributed by atoms with Crippen LogP contribution in [0.1, 0.15) is 24.3 Å². The predicted octanol–water partition coefficient (Wildman–Crippen LogP) is 1.05. The van der Waals surface area contributed by atoms with Gasteiger partial charge in [0.1, 0.15) is 12.2 Å². The summed E-state index contributed by atoms with van der Waals surface area (Å²) in [5, 5.41) is 0. The molecule has 1 rings (SSSR count). The van der Waals surface area contributed by atoms with Gasteiger partial charge in [0.15, 0.2) is 0 Å². The fourth-order valence-corrected chi connectivity index (χ4v) is 1.52. The lowest BCUT2D eigenvalue weighted by atomic mass is 10.2. The average molecular weight is 238 g/mol. The smallest absolute Gasteiger partial charge is 0.325 e. The molecule has 0 atom stereocenters. The molecular weight excluding hydrogens is 220 g/mol. The number of methoxy groups -OCH3 is 1. The van der Waals surface area contributed by atoms with Gasteiger partial charge in [-0.05, 0) is 26.0 Å². The van der Waals surface area contributed by atoms with Gasteiger partial charge in [0.25, 0.3) is 5.91 Å². The molecule has 1 heterocycles. The zero-order valence-corrected chi connectivity index (χ0v) is 10.6. The van der Waals surface area contributed by atoms with Gasteiger partial charge in [0, 0.05) is 19.3 Å². The van der Waals surface area contributed by atoms with Crippen molar-refractivity contribution in [2.24, 2.45) is 7.05 Å². The van der Waals surface area contributed by atoms with Gasteiger partial charge in [-0.25, -0.2) is 0 Å². The highest BCUT2D eigenvalue weighted by Gasteiger charge is 2.23. The molecule has 0 unspecified atom stereocenters. The summed E-state index contributed by atoms with van der Waals surface area (Å²) in [4.78, 5) is 25.0. The maximum atomic E-state index is 12.2. The number of nitrogens with zero attached hydrogens (tertiary/aromatic N) is 2. The van der Waals surface area contributed by atoms with E-state index in [2.05, 4.69) is 4.74 Å². The molecule has 0 aliphatic heterocycles. The minimum atomic E-state index is -0.416. The van der Waals surface area contributed by atoms with Crippen molar-refractivity contribution in [1.82, 2.24) is 9.47 Å². The van der Waals surface area contributed by atoms with Crippen molar-refractivity contribution in [2.75, 3.05) is 13.7 Å². The van der Waals surface area contributed by atoms with Crippen LogP contribution in [-0.2, 0) is 16.6 Å². The normalized spacial score (nSPS) is 10.4. The first-order chi connectivity index (χ1) is 7.97. The van der Waals surface area contributed by atoms with E-state index >= 15 is 0 Å². The van der Waals surface area contributed by atoms with Gasteiger partial charge in [-0.3, -0.25) is 9.59 Å². The first-order valence-corrected chi connectivity index (χ1v) is 5.46. The maximum Gasteiger partial charge on any atom is 0.325 e. The fourth-order valence-electron chi connectivity index (χ4n) is 1.52. The van der Waals surface area contributed by atoms with Crippen molar-refractivity contribution in [2.45, 2.75) is 19.9 Å². The van der Waals surface area contributed by atoms with Crippen LogP contribution in [0.5, 0.6) is 0 Å². The van der Waals surface area contributed by atoms with Crippen LogP contribution in [0.15, 0.2) is 18.3 Å². The van der Waals surface area contributed by atoms with E-state index in [1.54, 1.807) is 29.9 Å². The van der Waals surface area contributed by atoms with Crippen molar-refractivity contribution in [3.63, 3.8) is 0 Å². The highest BCUT2D eigenvalue weighted by atomic mass is 16.5. The van der Waals surface area contributed by atoms with Crippen LogP contribution in [0.25, 0.3) is 0 Å². The summed E-state index contributed by atoms with van der Waals surface area (Å²) < 4.78 is 6.32. The van der Waals surface area contributed by atoms with Crippen LogP contribution in [0.4, 0.5) is 0 Å². The molecular formula is C12H18N2O3. The Morgan fingerprint density at radius 3 is 2.53 bits per heavy atom. The average Bonchev–Trinajstić information content (AvgIpc) is 2.70. The summed E-state index contributed by atoms with van der Waals surface area (Å²) >= 11 is 0. The molecule has 0 saturated carbocycles. The summed E-state index contributed by atoms with van der Waals surface area (Å²) in [5.74, 6) is -0.584. The molecule has 5 nitrogen and oxygen atoms in total. The first kappa shape index (κ1) is 13.3. The number of rotatable bonds is 4. The Hall–Kier alpha value is -1.78. The molecule has 17 heavy (non-hydrogen) atoms. The molecule has 0 fully saturated rings. The van der Waals surface area contributed by atoms with Crippen LogP contribution < -0.4 is 0 Å². The Labute approximate surface area is 101 Å². The maximum absolute atomic E-state index is 12.2. The van der Waals surface area contributed by atoms with Crippen molar-refractivity contribution >= 4 is 11.9 Å². The predicted molar refractivity (Wildman–Crippen MR) is 63.6 cm³/mol. The van der Waals surface area contributed by atoms with E-state index in [1.165, 1.54) is 12.0 Å². The Morgan fingerprint density at radius 1 is 1.47 bits per heavy atom. The molecule has 0 bridgehead atoms. The van der Waals surface area contributed by atoms with Gasteiger partial charge in [0.2, 0.25) is 0 Å². The Morgan fingerprint density at radius 2 is 2.12 bits per heavy atom. The number of hydrogen-bond acceptors (Lipinski definition) is 3. The fraction of sp³-hybridized carbons (Fsp3) is 0.500. The van der Waals surface area contributed by atoms with Crippen molar-refractivity contribution in [3.05, 3.63) is 24.0 Å². The second kappa shape index (κ2) is 5.52. The summed E-state index contributed by atoms with van der Waals surface area (Å²) in [6.07, 6.45) is 1.80. The van der Waals surface area contributed by atoms with Gasteiger partial charge in [-0.15, -0.1) is 0 Å². The largest absolute Gasteiger partial charge is 0.468 e. The zero-order valence-electron chi connectivity index (χ0n) is 10.6. The van der Waals surface area contributed by atoms with E-state index in [1.807, 2.05) is 13.8 Å². The molecule has 0 radical (unpaired) electrons. The van der Waals surface area contributed by atoms with Crippen molar-refractivity contribution in [1.29, 1.82) is 0 Å². The quantitative estimate of drug-likeness (QED) is 0.737. The van der Waals surface area contributed by atoms with Crippen LogP contribution in [0.2, 0.25) is 0 Å². The third-order valence-electron chi connectivity index (χ3n) is 2.57. The molecule has 94 valence electrons. The lowest BCUT2D eigenvalue weighted by Crippen LogP contribution is -2.41. The molecule has 1 amide bonds. The van der Waals surface area contributed by atoms with Gasteiger partial charge >= 0.3 is 5.97 Å². The highest BCUT2D eigenvalue weighted by molar-refractivity contribution is 5.94. The number of carbonyl (C=O) groups excluding carboxylic acids is 2. The van der Waals surface area contributed by atoms with E-state index in [4.69, 9.17) is 0 Å². The first-order valence-electron chi connectivity index (χ1n) is 5.46. The lowest BCUT2D eigenvalue weighted by Gasteiger charge is -2.25. The molecule has 0 aliphatic carbocycles. The molecule has 0 aromatic carbocycles. The number of ether oxygens (including phenoxy) is 1. The van der Waals surface area contributed by atoms with E-state index in [-0.39, 0.29) is 18.5 Å². The molecule has 1 aromatic heterocycles. The van der Waals surface area contributed by atoms with Gasteiger partial charge in [-0.2, -0.15) is 0 Å². The van der Waals surface area contributed by atoms with Crippen molar-refractivity contribution in [3.8, 4) is 0 Å². The number of carbonyl (C=O) groups is 2. The second-order valence-electron chi connectivity index (χ2n) is 4.11. The molecule has 1 aromatic rings. The number of amides is 1. The van der Waals surface area contributed by atoms with Gasteiger partial charge in [-0.1, -0.05) is 0 Å². The third kappa shape index (κ3) is 3.09. The molecule has 5 heteroatoms. The van der Waals surface area contributed by atoms with E-state index in [0.29, 0.717) is 5.69 Å². The second-order valence-corrected chi connectivity index (χ2v) is 4.11. The number of aromatic nitrogens is 1. The Balaban J connectivity index is 2.89. The third-order valence-corrected chi connectivity index (χ3v) is 2.57. The lowest BCUT2D eigenvalue weighted by molar-refractivity contribution is -0.141. The topological polar surface area (TPSA) is 51.5 Å². The van der Waals surface area contributed by atoms with Crippen molar-refractivity contribution < 1.29 is 14.3 Å². The minimum Gasteiger partial charge on any atom is -0.468 e. The molecule has 0 aliphatic rings. The summed E-state index contributed by atoms with van der Waals surface area (Å²) in [6.45, 7) is 3.70. The number of aryl methyl sites for hydroxylation is 1. The number of esters is 1. The minimum absolute atomic E-state index is 0.0296. The van der Waals surface area contributed by atoms with E-state index < -0.39 is 5.97 Å². The summed E-state index contributed by atoms with van der Waals surface area (Å²) in [7, 11) is 3.11. The SMILES string of the molecule is COC(=O)CN(C(=O)c1cccn1C)C(C)C. The Kier molecular flexibility index (Phi) is 4.31. The number of hydrogen-bond donors (Lipinski definition) is 0. The van der Waals surface area contributed by atoms with Crippen LogP contribution in [0.3, 0.4) is 0 Å². The van der Waals surface area contributed by atoms with Gasteiger partial charge in [0.05, 0.1) is 7.11 Å². The highest BCUT2D eigenvalue weighted by Crippen LogP contribution is 2.08. The summed E-state index contributed by atoms with van der Waals surface area (Å²) in [5.41, 5.74) is 0.558. The van der Waals surface area contributed by atoms with Crippen LogP contribution in [0, 0.1) is 0 Å². The van der Waals surface area contributed by atoms with Crippen LogP contribution in [-0.4, -0.2) is 41.0 Å². The molecule has 0 spiro atoms. The van der Waals surface area contributed by atoms with Crippen LogP contribution >= 0.6 is 0 Å². The van der Waals surface area contributed by atoms with Gasteiger partial charge < -0.3 is 14.2 Å². The monoisotopic (exact) mass is 238 g/mol.